The molecule has 0 saturated carbocycles. The molecule has 0 fully saturated rings. The van der Waals surface area contributed by atoms with Gasteiger partial charge in [0.1, 0.15) is 5.75 Å². The van der Waals surface area contributed by atoms with Crippen LogP contribution in [0.15, 0.2) is 72.1 Å². The van der Waals surface area contributed by atoms with Gasteiger partial charge in [-0.15, -0.1) is 21.5 Å². The number of hydrogen-bond donors (Lipinski definition) is 1. The molecule has 2 aromatic carbocycles. The third-order valence-corrected chi connectivity index (χ3v) is 5.93. The van der Waals surface area contributed by atoms with Crippen molar-refractivity contribution < 1.29 is 9.53 Å². The summed E-state index contributed by atoms with van der Waals surface area (Å²) in [6.07, 6.45) is 0. The van der Waals surface area contributed by atoms with Crippen LogP contribution < -0.4 is 10.1 Å². The molecular weight excluding hydrogens is 446 g/mol. The normalized spacial score (nSPS) is 10.9. The van der Waals surface area contributed by atoms with Gasteiger partial charge in [-0.1, -0.05) is 29.8 Å². The fraction of sp³-hybridized carbons (Fsp3) is 0.0435. The maximum Gasteiger partial charge on any atom is 0.259 e. The lowest BCUT2D eigenvalue weighted by molar-refractivity contribution is 0.102. The smallest absolute Gasteiger partial charge is 0.259 e. The van der Waals surface area contributed by atoms with Gasteiger partial charge in [-0.05, 0) is 53.9 Å². The highest BCUT2D eigenvalue weighted by atomic mass is 35.5. The highest BCUT2D eigenvalue weighted by Gasteiger charge is 2.15. The zero-order valence-corrected chi connectivity index (χ0v) is 18.4. The van der Waals surface area contributed by atoms with Crippen LogP contribution in [-0.2, 0) is 0 Å². The van der Waals surface area contributed by atoms with Crippen LogP contribution in [0.2, 0.25) is 5.02 Å². The van der Waals surface area contributed by atoms with E-state index in [1.165, 1.54) is 7.11 Å². The maximum atomic E-state index is 12.8. The van der Waals surface area contributed by atoms with Crippen molar-refractivity contribution in [3.05, 3.63) is 82.7 Å². The predicted molar refractivity (Wildman–Crippen MR) is 125 cm³/mol. The van der Waals surface area contributed by atoms with E-state index < -0.39 is 0 Å². The summed E-state index contributed by atoms with van der Waals surface area (Å²) < 4.78 is 7.01. The number of methoxy groups -OCH3 is 1. The molecule has 0 atom stereocenters. The minimum absolute atomic E-state index is 0.316. The fourth-order valence-corrected chi connectivity index (χ4v) is 4.18. The van der Waals surface area contributed by atoms with E-state index in [2.05, 4.69) is 15.5 Å². The summed E-state index contributed by atoms with van der Waals surface area (Å²) in [7, 11) is 1.51. The number of rotatable bonds is 5. The number of nitrogens with one attached hydrogen (secondary N) is 1. The van der Waals surface area contributed by atoms with Gasteiger partial charge in [-0.25, -0.2) is 0 Å². The summed E-state index contributed by atoms with van der Waals surface area (Å²) in [6, 6.07) is 20.1. The van der Waals surface area contributed by atoms with Crippen molar-refractivity contribution in [1.29, 1.82) is 0 Å². The Bertz CT molecular complexity index is 1430. The minimum Gasteiger partial charge on any atom is -0.496 e. The lowest BCUT2D eigenvalue weighted by atomic mass is 10.1. The Morgan fingerprint density at radius 1 is 1.06 bits per heavy atom. The van der Waals surface area contributed by atoms with E-state index >= 15 is 0 Å². The van der Waals surface area contributed by atoms with Crippen molar-refractivity contribution in [1.82, 2.24) is 19.8 Å². The van der Waals surface area contributed by atoms with Gasteiger partial charge in [0.2, 0.25) is 0 Å². The maximum absolute atomic E-state index is 12.8. The van der Waals surface area contributed by atoms with Crippen LogP contribution in [0.1, 0.15) is 10.4 Å². The predicted octanol–water partition coefficient (Wildman–Crippen LogP) is 5.43. The van der Waals surface area contributed by atoms with E-state index in [1.807, 2.05) is 53.9 Å². The highest BCUT2D eigenvalue weighted by molar-refractivity contribution is 7.13. The largest absolute Gasteiger partial charge is 0.496 e. The molecule has 0 aliphatic carbocycles. The first-order valence-corrected chi connectivity index (χ1v) is 10.9. The molecule has 32 heavy (non-hydrogen) atoms. The molecule has 3 aromatic heterocycles. The number of nitrogens with zero attached hydrogens (tertiary/aromatic N) is 4. The molecule has 158 valence electrons. The van der Waals surface area contributed by atoms with Crippen molar-refractivity contribution in [2.45, 2.75) is 0 Å². The van der Waals surface area contributed by atoms with Crippen molar-refractivity contribution in [2.24, 2.45) is 0 Å². The van der Waals surface area contributed by atoms with Crippen LogP contribution in [-0.4, -0.2) is 32.8 Å². The number of anilines is 1. The number of thiophene rings is 1. The van der Waals surface area contributed by atoms with Crippen LogP contribution in [0.5, 0.6) is 5.75 Å². The molecule has 5 aromatic rings. The molecule has 0 spiro atoms. The first kappa shape index (κ1) is 20.2. The van der Waals surface area contributed by atoms with Gasteiger partial charge >= 0.3 is 0 Å². The van der Waals surface area contributed by atoms with Gasteiger partial charge in [0.05, 0.1) is 23.2 Å². The molecule has 9 heteroatoms. The van der Waals surface area contributed by atoms with E-state index in [0.29, 0.717) is 33.5 Å². The molecule has 7 nitrogen and oxygen atoms in total. The number of halogens is 1. The number of benzene rings is 2. The number of aromatic nitrogens is 4. The van der Waals surface area contributed by atoms with E-state index in [0.717, 1.165) is 16.1 Å². The molecule has 0 bridgehead atoms. The molecule has 0 unspecified atom stereocenters. The van der Waals surface area contributed by atoms with Crippen molar-refractivity contribution >= 4 is 40.2 Å². The summed E-state index contributed by atoms with van der Waals surface area (Å²) in [6.45, 7) is 0. The number of carbonyl (C=O) groups is 1. The molecule has 3 heterocycles. The van der Waals surface area contributed by atoms with Crippen molar-refractivity contribution in [3.8, 4) is 27.7 Å². The highest BCUT2D eigenvalue weighted by Crippen LogP contribution is 2.27. The number of amides is 1. The molecule has 0 aliphatic heterocycles. The van der Waals surface area contributed by atoms with Crippen LogP contribution in [0.25, 0.3) is 27.6 Å². The minimum atomic E-state index is -0.316. The lowest BCUT2D eigenvalue weighted by Gasteiger charge is -2.11. The molecule has 1 amide bonds. The second-order valence-corrected chi connectivity index (χ2v) is 8.25. The first-order valence-electron chi connectivity index (χ1n) is 9.64. The molecule has 0 radical (unpaired) electrons. The standard InChI is InChI=1S/C23H16ClN5O2S/c1-31-19-9-7-15(24)13-17(19)23(30)25-16-5-2-4-14(12-16)18-8-10-21-26-27-22(29(21)28-18)20-6-3-11-32-20/h2-13H,1H3,(H,25,30). The molecule has 0 saturated heterocycles. The van der Waals surface area contributed by atoms with Crippen molar-refractivity contribution in [2.75, 3.05) is 12.4 Å². The fourth-order valence-electron chi connectivity index (χ4n) is 3.31. The van der Waals surface area contributed by atoms with Crippen LogP contribution in [0.3, 0.4) is 0 Å². The van der Waals surface area contributed by atoms with E-state index in [4.69, 9.17) is 21.4 Å². The van der Waals surface area contributed by atoms with Crippen LogP contribution in [0.4, 0.5) is 5.69 Å². The van der Waals surface area contributed by atoms with Gasteiger partial charge < -0.3 is 10.1 Å². The van der Waals surface area contributed by atoms with Crippen LogP contribution in [0, 0.1) is 0 Å². The third kappa shape index (κ3) is 3.81. The number of fused-ring (bicyclic) bond motifs is 1. The number of hydrogen-bond acceptors (Lipinski definition) is 6. The average Bonchev–Trinajstić information content (AvgIpc) is 3.48. The summed E-state index contributed by atoms with van der Waals surface area (Å²) in [5, 5.41) is 18.5. The Kier molecular flexibility index (Phi) is 5.30. The summed E-state index contributed by atoms with van der Waals surface area (Å²) in [4.78, 5) is 13.8. The average molecular weight is 462 g/mol. The van der Waals surface area contributed by atoms with Gasteiger partial charge in [0.15, 0.2) is 11.5 Å². The van der Waals surface area contributed by atoms with E-state index in [1.54, 1.807) is 34.1 Å². The first-order chi connectivity index (χ1) is 15.6. The Balaban J connectivity index is 1.47. The second kappa shape index (κ2) is 8.41. The molecular formula is C23H16ClN5O2S. The molecule has 1 N–H and O–H groups in total. The Labute approximate surface area is 192 Å². The van der Waals surface area contributed by atoms with Gasteiger partial charge in [0, 0.05) is 16.3 Å². The number of ether oxygens (including phenoxy) is 1. The van der Waals surface area contributed by atoms with Crippen LogP contribution >= 0.6 is 22.9 Å². The monoisotopic (exact) mass is 461 g/mol. The summed E-state index contributed by atoms with van der Waals surface area (Å²) >= 11 is 7.64. The Hall–Kier alpha value is -3.75. The van der Waals surface area contributed by atoms with Crippen molar-refractivity contribution in [3.63, 3.8) is 0 Å². The summed E-state index contributed by atoms with van der Waals surface area (Å²) in [5.74, 6) is 0.821. The quantitative estimate of drug-likeness (QED) is 0.377. The molecule has 0 aliphatic rings. The zero-order valence-electron chi connectivity index (χ0n) is 16.8. The third-order valence-electron chi connectivity index (χ3n) is 4.83. The molecule has 5 rings (SSSR count). The summed E-state index contributed by atoms with van der Waals surface area (Å²) in [5.41, 5.74) is 3.21. The van der Waals surface area contributed by atoms with Gasteiger partial charge in [0.25, 0.3) is 5.91 Å². The van der Waals surface area contributed by atoms with Gasteiger partial charge in [-0.2, -0.15) is 9.61 Å². The number of carbonyl (C=O) groups excluding carboxylic acids is 1. The second-order valence-electron chi connectivity index (χ2n) is 6.87. The SMILES string of the molecule is COc1ccc(Cl)cc1C(=O)Nc1cccc(-c2ccc3nnc(-c4cccs4)n3n2)c1. The Morgan fingerprint density at radius 3 is 2.78 bits per heavy atom. The lowest BCUT2D eigenvalue weighted by Crippen LogP contribution is -2.13. The van der Waals surface area contributed by atoms with E-state index in [9.17, 15) is 4.79 Å². The topological polar surface area (TPSA) is 81.4 Å². The van der Waals surface area contributed by atoms with Gasteiger partial charge in [-0.3, -0.25) is 4.79 Å². The zero-order chi connectivity index (χ0) is 22.1. The van der Waals surface area contributed by atoms with E-state index in [-0.39, 0.29) is 5.91 Å². The Morgan fingerprint density at radius 2 is 1.97 bits per heavy atom.